The summed E-state index contributed by atoms with van der Waals surface area (Å²) in [7, 11) is 3.43. The Hall–Kier alpha value is -3.38. The minimum absolute atomic E-state index is 0.0271. The predicted molar refractivity (Wildman–Crippen MR) is 113 cm³/mol. The van der Waals surface area contributed by atoms with Gasteiger partial charge in [-0.05, 0) is 23.8 Å². The number of carbonyl (C=O) groups excluding carboxylic acids is 1. The van der Waals surface area contributed by atoms with E-state index in [4.69, 9.17) is 4.74 Å². The van der Waals surface area contributed by atoms with Crippen LogP contribution in [0.1, 0.15) is 15.9 Å². The molecule has 0 aliphatic heterocycles. The second-order valence-electron chi connectivity index (χ2n) is 7.04. The number of benzene rings is 1. The first-order valence-electron chi connectivity index (χ1n) is 9.58. The summed E-state index contributed by atoms with van der Waals surface area (Å²) in [6.45, 7) is 1.80. The van der Waals surface area contributed by atoms with Gasteiger partial charge in [-0.1, -0.05) is 36.4 Å². The molecule has 0 atom stereocenters. The third kappa shape index (κ3) is 3.93. The van der Waals surface area contributed by atoms with Gasteiger partial charge in [0, 0.05) is 39.6 Å². The molecule has 0 bridgehead atoms. The highest BCUT2D eigenvalue weighted by Crippen LogP contribution is 2.26. The maximum absolute atomic E-state index is 13.0. The lowest BCUT2D eigenvalue weighted by Gasteiger charge is -2.16. The van der Waals surface area contributed by atoms with E-state index in [-0.39, 0.29) is 5.91 Å². The summed E-state index contributed by atoms with van der Waals surface area (Å²) >= 11 is 0. The van der Waals surface area contributed by atoms with Crippen LogP contribution in [-0.4, -0.2) is 52.1 Å². The van der Waals surface area contributed by atoms with E-state index in [9.17, 15) is 4.79 Å². The Morgan fingerprint density at radius 2 is 1.93 bits per heavy atom. The summed E-state index contributed by atoms with van der Waals surface area (Å²) in [5, 5.41) is 0. The second kappa shape index (κ2) is 8.32. The van der Waals surface area contributed by atoms with Crippen LogP contribution in [0.5, 0.6) is 0 Å². The second-order valence-corrected chi connectivity index (χ2v) is 7.04. The lowest BCUT2D eigenvalue weighted by Crippen LogP contribution is -2.29. The molecule has 4 aromatic rings. The molecule has 0 aliphatic carbocycles. The van der Waals surface area contributed by atoms with Gasteiger partial charge >= 0.3 is 0 Å². The van der Waals surface area contributed by atoms with Gasteiger partial charge in [0.1, 0.15) is 5.69 Å². The smallest absolute Gasteiger partial charge is 0.255 e. The summed E-state index contributed by atoms with van der Waals surface area (Å²) in [6, 6.07) is 18.1. The zero-order valence-corrected chi connectivity index (χ0v) is 16.7. The van der Waals surface area contributed by atoms with Crippen LogP contribution < -0.4 is 0 Å². The molecule has 29 heavy (non-hydrogen) atoms. The van der Waals surface area contributed by atoms with E-state index in [1.807, 2.05) is 65.6 Å². The van der Waals surface area contributed by atoms with Crippen molar-refractivity contribution >= 4 is 11.4 Å². The van der Waals surface area contributed by atoms with Gasteiger partial charge in [-0.3, -0.25) is 4.79 Å². The van der Waals surface area contributed by atoms with Crippen molar-refractivity contribution in [2.75, 3.05) is 27.3 Å². The zero-order valence-electron chi connectivity index (χ0n) is 16.7. The topological polar surface area (TPSA) is 51.8 Å². The maximum atomic E-state index is 13.0. The molecule has 0 unspecified atom stereocenters. The van der Waals surface area contributed by atoms with Crippen LogP contribution in [0.4, 0.5) is 0 Å². The fourth-order valence-electron chi connectivity index (χ4n) is 3.43. The van der Waals surface area contributed by atoms with Gasteiger partial charge in [0.05, 0.1) is 29.7 Å². The molecule has 0 saturated heterocycles. The van der Waals surface area contributed by atoms with Crippen LogP contribution in [0.15, 0.2) is 73.3 Å². The molecule has 1 aromatic carbocycles. The largest absolute Gasteiger partial charge is 0.383 e. The molecule has 3 aromatic heterocycles. The number of carbonyl (C=O) groups is 1. The van der Waals surface area contributed by atoms with E-state index >= 15 is 0 Å². The van der Waals surface area contributed by atoms with Gasteiger partial charge in [-0.2, -0.15) is 0 Å². The van der Waals surface area contributed by atoms with Gasteiger partial charge < -0.3 is 18.6 Å². The van der Waals surface area contributed by atoms with E-state index in [1.165, 1.54) is 5.56 Å². The zero-order chi connectivity index (χ0) is 20.2. The molecule has 6 heteroatoms. The minimum Gasteiger partial charge on any atom is -0.383 e. The number of hydrogen-bond acceptors (Lipinski definition) is 3. The lowest BCUT2D eigenvalue weighted by molar-refractivity contribution is 0.0746. The number of fused-ring (bicyclic) bond motifs is 1. The minimum atomic E-state index is -0.0271. The van der Waals surface area contributed by atoms with E-state index in [0.717, 1.165) is 23.4 Å². The number of pyridine rings is 1. The Labute approximate surface area is 170 Å². The van der Waals surface area contributed by atoms with Gasteiger partial charge in [0.15, 0.2) is 0 Å². The number of imidazole rings is 1. The predicted octanol–water partition coefficient (Wildman–Crippen LogP) is 3.57. The maximum Gasteiger partial charge on any atom is 0.255 e. The average Bonchev–Trinajstić information content (AvgIpc) is 3.36. The molecule has 0 fully saturated rings. The summed E-state index contributed by atoms with van der Waals surface area (Å²) in [4.78, 5) is 19.3. The molecule has 0 N–H and O–H groups in total. The highest BCUT2D eigenvalue weighted by atomic mass is 16.5. The Kier molecular flexibility index (Phi) is 5.44. The number of nitrogens with zero attached hydrogens (tertiary/aromatic N) is 4. The molecule has 4 rings (SSSR count). The number of amides is 1. The summed E-state index contributed by atoms with van der Waals surface area (Å²) in [5.41, 5.74) is 4.48. The first kappa shape index (κ1) is 19.0. The molecule has 0 aliphatic rings. The van der Waals surface area contributed by atoms with Crippen LogP contribution in [-0.2, 0) is 11.3 Å². The normalized spacial score (nSPS) is 11.1. The van der Waals surface area contributed by atoms with Gasteiger partial charge in [-0.25, -0.2) is 4.98 Å². The van der Waals surface area contributed by atoms with Crippen molar-refractivity contribution in [3.63, 3.8) is 0 Å². The number of hydrogen-bond donors (Lipinski definition) is 0. The Morgan fingerprint density at radius 1 is 1.14 bits per heavy atom. The van der Waals surface area contributed by atoms with Crippen molar-refractivity contribution in [1.29, 1.82) is 0 Å². The molecular formula is C23H24N4O2. The van der Waals surface area contributed by atoms with Crippen LogP contribution in [0.3, 0.4) is 0 Å². The van der Waals surface area contributed by atoms with Crippen molar-refractivity contribution in [1.82, 2.24) is 18.9 Å². The quantitative estimate of drug-likeness (QED) is 0.486. The van der Waals surface area contributed by atoms with Crippen molar-refractivity contribution < 1.29 is 9.53 Å². The van der Waals surface area contributed by atoms with Crippen LogP contribution in [0.25, 0.3) is 16.9 Å². The summed E-state index contributed by atoms with van der Waals surface area (Å²) in [6.07, 6.45) is 5.81. The highest BCUT2D eigenvalue weighted by Gasteiger charge is 2.20. The lowest BCUT2D eigenvalue weighted by atomic mass is 10.2. The van der Waals surface area contributed by atoms with Crippen LogP contribution >= 0.6 is 0 Å². The van der Waals surface area contributed by atoms with Crippen molar-refractivity contribution in [2.45, 2.75) is 6.54 Å². The third-order valence-electron chi connectivity index (χ3n) is 4.99. The number of ether oxygens (including phenoxy) is 1. The Morgan fingerprint density at radius 3 is 2.72 bits per heavy atom. The SMILES string of the molecule is COCCN(C)C(=O)c1cc(-c2cn(Cc3ccccc3)cn2)n2ccccc12. The Bertz CT molecular complexity index is 1110. The fourth-order valence-corrected chi connectivity index (χ4v) is 3.43. The number of rotatable bonds is 7. The van der Waals surface area contributed by atoms with Crippen molar-refractivity contribution in [2.24, 2.45) is 0 Å². The van der Waals surface area contributed by atoms with Crippen molar-refractivity contribution in [3.05, 3.63) is 84.4 Å². The van der Waals surface area contributed by atoms with E-state index < -0.39 is 0 Å². The van der Waals surface area contributed by atoms with Gasteiger partial charge in [-0.15, -0.1) is 0 Å². The third-order valence-corrected chi connectivity index (χ3v) is 4.99. The monoisotopic (exact) mass is 388 g/mol. The number of likely N-dealkylation sites (N-methyl/N-ethyl adjacent to an activating group) is 1. The molecule has 3 heterocycles. The molecular weight excluding hydrogens is 364 g/mol. The standard InChI is InChI=1S/C23H24N4O2/c1-25(12-13-29-2)23(28)19-14-22(27-11-7-6-10-21(19)27)20-16-26(17-24-20)15-18-8-4-3-5-9-18/h3-11,14,16-17H,12-13,15H2,1-2H3. The molecule has 148 valence electrons. The van der Waals surface area contributed by atoms with Gasteiger partial charge in [0.25, 0.3) is 5.91 Å². The molecule has 6 nitrogen and oxygen atoms in total. The van der Waals surface area contributed by atoms with Crippen molar-refractivity contribution in [3.8, 4) is 11.4 Å². The average molecular weight is 388 g/mol. The molecule has 1 amide bonds. The number of aromatic nitrogens is 3. The highest BCUT2D eigenvalue weighted by molar-refractivity contribution is 6.02. The van der Waals surface area contributed by atoms with E-state index in [0.29, 0.717) is 18.7 Å². The van der Waals surface area contributed by atoms with Crippen LogP contribution in [0, 0.1) is 0 Å². The van der Waals surface area contributed by atoms with E-state index in [2.05, 4.69) is 21.7 Å². The summed E-state index contributed by atoms with van der Waals surface area (Å²) < 4.78 is 9.18. The number of methoxy groups -OCH3 is 1. The van der Waals surface area contributed by atoms with Crippen LogP contribution in [0.2, 0.25) is 0 Å². The first-order valence-corrected chi connectivity index (χ1v) is 9.58. The molecule has 0 spiro atoms. The Balaban J connectivity index is 1.67. The van der Waals surface area contributed by atoms with E-state index in [1.54, 1.807) is 19.1 Å². The summed E-state index contributed by atoms with van der Waals surface area (Å²) in [5.74, 6) is -0.0271. The van der Waals surface area contributed by atoms with Gasteiger partial charge in [0.2, 0.25) is 0 Å². The molecule has 0 radical (unpaired) electrons. The fraction of sp³-hybridized carbons (Fsp3) is 0.217. The first-order chi connectivity index (χ1) is 14.2. The molecule has 0 saturated carbocycles.